The van der Waals surface area contributed by atoms with Gasteiger partial charge in [-0.15, -0.1) is 10.2 Å². The Morgan fingerprint density at radius 1 is 1.14 bits per heavy atom. The maximum Gasteiger partial charge on any atom is 0.263 e. The zero-order chi connectivity index (χ0) is 9.97. The van der Waals surface area contributed by atoms with Gasteiger partial charge in [-0.2, -0.15) is 5.21 Å². The largest absolute Gasteiger partial charge is 0.263 e. The highest BCUT2D eigenvalue weighted by atomic mass is 19.3. The summed E-state index contributed by atoms with van der Waals surface area (Å²) in [5.41, 5.74) is 0.639. The fraction of sp³-hybridized carbons (Fsp3) is 0.125. The molecule has 0 fully saturated rings. The van der Waals surface area contributed by atoms with Gasteiger partial charge in [0.05, 0.1) is 0 Å². The molecule has 0 atom stereocenters. The number of benzene rings is 1. The first kappa shape index (κ1) is 8.74. The van der Waals surface area contributed by atoms with E-state index in [0.29, 0.717) is 11.4 Å². The molecule has 0 saturated heterocycles. The van der Waals surface area contributed by atoms with Crippen molar-refractivity contribution < 1.29 is 8.78 Å². The highest BCUT2D eigenvalue weighted by molar-refractivity contribution is 5.54. The van der Waals surface area contributed by atoms with E-state index in [1.54, 1.807) is 0 Å². The molecule has 1 aromatic heterocycles. The fourth-order valence-corrected chi connectivity index (χ4v) is 1.06. The monoisotopic (exact) mass is 196 g/mol. The van der Waals surface area contributed by atoms with Gasteiger partial charge in [-0.05, 0) is 5.21 Å². The number of halogens is 2. The predicted molar refractivity (Wildman–Crippen MR) is 44.6 cm³/mol. The third-order valence-corrected chi connectivity index (χ3v) is 1.77. The molecule has 0 radical (unpaired) electrons. The summed E-state index contributed by atoms with van der Waals surface area (Å²) in [6.07, 6.45) is -2.45. The molecule has 4 nitrogen and oxygen atoms in total. The molecule has 0 aliphatic rings. The van der Waals surface area contributed by atoms with Crippen LogP contribution in [0.1, 0.15) is 12.0 Å². The molecular formula is C8H6F2N4. The van der Waals surface area contributed by atoms with Crippen molar-refractivity contribution in [3.05, 3.63) is 29.8 Å². The zero-order valence-corrected chi connectivity index (χ0v) is 6.98. The standard InChI is InChI=1S/C8H6F2N4/c9-7(10)5-1-3-6(4-2-5)8-11-13-14-12-8/h1-4,7H,(H,11,12,13,14). The summed E-state index contributed by atoms with van der Waals surface area (Å²) in [4.78, 5) is 0. The summed E-state index contributed by atoms with van der Waals surface area (Å²) in [6.45, 7) is 0. The van der Waals surface area contributed by atoms with E-state index in [9.17, 15) is 8.78 Å². The Hall–Kier alpha value is -1.85. The Labute approximate surface area is 78.0 Å². The van der Waals surface area contributed by atoms with E-state index in [0.717, 1.165) is 0 Å². The van der Waals surface area contributed by atoms with Crippen LogP contribution in [-0.2, 0) is 0 Å². The lowest BCUT2D eigenvalue weighted by Gasteiger charge is -1.99. The van der Waals surface area contributed by atoms with Crippen molar-refractivity contribution in [3.63, 3.8) is 0 Å². The molecule has 0 bridgehead atoms. The van der Waals surface area contributed by atoms with Crippen LogP contribution >= 0.6 is 0 Å². The molecule has 72 valence electrons. The van der Waals surface area contributed by atoms with Gasteiger partial charge in [0, 0.05) is 11.1 Å². The summed E-state index contributed by atoms with van der Waals surface area (Å²) in [7, 11) is 0. The van der Waals surface area contributed by atoms with Crippen molar-refractivity contribution in [1.82, 2.24) is 20.6 Å². The van der Waals surface area contributed by atoms with Crippen LogP contribution < -0.4 is 0 Å². The van der Waals surface area contributed by atoms with Gasteiger partial charge in [-0.1, -0.05) is 24.3 Å². The van der Waals surface area contributed by atoms with Crippen molar-refractivity contribution in [1.29, 1.82) is 0 Å². The lowest BCUT2D eigenvalue weighted by Crippen LogP contribution is -1.85. The van der Waals surface area contributed by atoms with Crippen LogP contribution in [0.2, 0.25) is 0 Å². The number of tetrazole rings is 1. The zero-order valence-electron chi connectivity index (χ0n) is 6.98. The van der Waals surface area contributed by atoms with E-state index in [1.165, 1.54) is 24.3 Å². The Morgan fingerprint density at radius 2 is 1.86 bits per heavy atom. The molecule has 1 N–H and O–H groups in total. The van der Waals surface area contributed by atoms with Crippen molar-refractivity contribution >= 4 is 0 Å². The highest BCUT2D eigenvalue weighted by Crippen LogP contribution is 2.21. The fourth-order valence-electron chi connectivity index (χ4n) is 1.06. The van der Waals surface area contributed by atoms with Crippen LogP contribution in [0, 0.1) is 0 Å². The minimum absolute atomic E-state index is 0.0164. The minimum atomic E-state index is -2.45. The SMILES string of the molecule is FC(F)c1ccc(-c2nn[nH]n2)cc1. The second-order valence-electron chi connectivity index (χ2n) is 2.66. The summed E-state index contributed by atoms with van der Waals surface area (Å²) >= 11 is 0. The second kappa shape index (κ2) is 3.49. The van der Waals surface area contributed by atoms with Gasteiger partial charge in [-0.3, -0.25) is 0 Å². The summed E-state index contributed by atoms with van der Waals surface area (Å²) < 4.78 is 24.4. The van der Waals surface area contributed by atoms with Crippen LogP contribution in [0.3, 0.4) is 0 Å². The van der Waals surface area contributed by atoms with Crippen molar-refractivity contribution in [2.45, 2.75) is 6.43 Å². The number of hydrogen-bond donors (Lipinski definition) is 1. The number of nitrogens with one attached hydrogen (secondary N) is 1. The second-order valence-corrected chi connectivity index (χ2v) is 2.66. The van der Waals surface area contributed by atoms with E-state index >= 15 is 0 Å². The van der Waals surface area contributed by atoms with Crippen LogP contribution in [0.5, 0.6) is 0 Å². The minimum Gasteiger partial charge on any atom is -0.205 e. The van der Waals surface area contributed by atoms with Crippen LogP contribution in [0.15, 0.2) is 24.3 Å². The Morgan fingerprint density at radius 3 is 2.36 bits per heavy atom. The lowest BCUT2D eigenvalue weighted by molar-refractivity contribution is 0.151. The topological polar surface area (TPSA) is 54.5 Å². The third kappa shape index (κ3) is 1.59. The first-order valence-corrected chi connectivity index (χ1v) is 3.89. The van der Waals surface area contributed by atoms with Crippen molar-refractivity contribution in [2.24, 2.45) is 0 Å². The molecule has 0 aliphatic heterocycles. The molecular weight excluding hydrogens is 190 g/mol. The lowest BCUT2D eigenvalue weighted by atomic mass is 10.1. The number of rotatable bonds is 2. The maximum atomic E-state index is 12.2. The van der Waals surface area contributed by atoms with Gasteiger partial charge >= 0.3 is 0 Å². The van der Waals surface area contributed by atoms with Crippen LogP contribution in [0.25, 0.3) is 11.4 Å². The van der Waals surface area contributed by atoms with Gasteiger partial charge in [0.15, 0.2) is 0 Å². The van der Waals surface area contributed by atoms with Gasteiger partial charge in [-0.25, -0.2) is 8.78 Å². The average Bonchev–Trinajstić information content (AvgIpc) is 2.71. The van der Waals surface area contributed by atoms with Gasteiger partial charge in [0.2, 0.25) is 5.82 Å². The number of alkyl halides is 2. The molecule has 2 aromatic rings. The van der Waals surface area contributed by atoms with E-state index in [-0.39, 0.29) is 5.56 Å². The Kier molecular flexibility index (Phi) is 2.18. The van der Waals surface area contributed by atoms with E-state index in [1.807, 2.05) is 0 Å². The molecule has 1 aromatic carbocycles. The highest BCUT2D eigenvalue weighted by Gasteiger charge is 2.07. The molecule has 6 heteroatoms. The summed E-state index contributed by atoms with van der Waals surface area (Å²) in [5.74, 6) is 0.394. The smallest absolute Gasteiger partial charge is 0.205 e. The molecule has 0 saturated carbocycles. The van der Waals surface area contributed by atoms with Crippen LogP contribution in [0.4, 0.5) is 8.78 Å². The normalized spacial score (nSPS) is 10.8. The first-order valence-electron chi connectivity index (χ1n) is 3.89. The summed E-state index contributed by atoms with van der Waals surface area (Å²) in [6, 6.07) is 5.76. The Balaban J connectivity index is 2.31. The average molecular weight is 196 g/mol. The molecule has 2 rings (SSSR count). The number of nitrogens with zero attached hydrogens (tertiary/aromatic N) is 3. The van der Waals surface area contributed by atoms with Crippen molar-refractivity contribution in [2.75, 3.05) is 0 Å². The van der Waals surface area contributed by atoms with Gasteiger partial charge in [0.25, 0.3) is 6.43 Å². The van der Waals surface area contributed by atoms with Gasteiger partial charge < -0.3 is 0 Å². The van der Waals surface area contributed by atoms with Crippen LogP contribution in [-0.4, -0.2) is 20.6 Å². The number of H-pyrrole nitrogens is 1. The molecule has 1 heterocycles. The van der Waals surface area contributed by atoms with E-state index in [4.69, 9.17) is 0 Å². The van der Waals surface area contributed by atoms with Crippen molar-refractivity contribution in [3.8, 4) is 11.4 Å². The Bertz CT molecular complexity index is 396. The molecule has 14 heavy (non-hydrogen) atoms. The maximum absolute atomic E-state index is 12.2. The van der Waals surface area contributed by atoms with Gasteiger partial charge in [0.1, 0.15) is 0 Å². The number of aromatic amines is 1. The molecule has 0 spiro atoms. The van der Waals surface area contributed by atoms with E-state index in [2.05, 4.69) is 20.6 Å². The summed E-state index contributed by atoms with van der Waals surface area (Å²) in [5, 5.41) is 13.1. The third-order valence-electron chi connectivity index (χ3n) is 1.77. The molecule has 0 amide bonds. The molecule has 0 aliphatic carbocycles. The van der Waals surface area contributed by atoms with E-state index < -0.39 is 6.43 Å². The quantitative estimate of drug-likeness (QED) is 0.796. The number of aromatic nitrogens is 4. The number of hydrogen-bond acceptors (Lipinski definition) is 3. The predicted octanol–water partition coefficient (Wildman–Crippen LogP) is 1.80. The first-order chi connectivity index (χ1) is 6.77. The molecule has 0 unspecified atom stereocenters.